The molecule has 0 aliphatic rings. The number of hydrazine groups is 1. The second kappa shape index (κ2) is 8.62. The molecule has 28 heavy (non-hydrogen) atoms. The number of carbonyl (C=O) groups is 2. The molecule has 0 atom stereocenters. The minimum absolute atomic E-state index is 0.0850. The molecule has 1 aromatic carbocycles. The van der Waals surface area contributed by atoms with Gasteiger partial charge in [0.1, 0.15) is 0 Å². The van der Waals surface area contributed by atoms with Crippen LogP contribution in [-0.2, 0) is 11.3 Å². The van der Waals surface area contributed by atoms with Crippen LogP contribution in [0.25, 0.3) is 16.8 Å². The number of hydrogen-bond acceptors (Lipinski definition) is 5. The summed E-state index contributed by atoms with van der Waals surface area (Å²) >= 11 is 1.56. The number of nitrogens with one attached hydrogen (secondary N) is 2. The van der Waals surface area contributed by atoms with Crippen molar-refractivity contribution in [3.8, 4) is 0 Å². The summed E-state index contributed by atoms with van der Waals surface area (Å²) in [4.78, 5) is 39.1. The van der Waals surface area contributed by atoms with Crippen molar-refractivity contribution in [2.75, 3.05) is 0 Å². The maximum Gasteiger partial charge on any atom is 0.290 e. The lowest BCUT2D eigenvalue weighted by atomic mass is 10.1. The van der Waals surface area contributed by atoms with Crippen molar-refractivity contribution in [2.24, 2.45) is 0 Å². The van der Waals surface area contributed by atoms with Gasteiger partial charge in [-0.3, -0.25) is 25.2 Å². The Morgan fingerprint density at radius 2 is 1.89 bits per heavy atom. The van der Waals surface area contributed by atoms with Crippen molar-refractivity contribution >= 4 is 40.0 Å². The lowest BCUT2D eigenvalue weighted by Gasteiger charge is -2.10. The highest BCUT2D eigenvalue weighted by Crippen LogP contribution is 2.16. The minimum atomic E-state index is -0.588. The number of thiophene rings is 1. The highest BCUT2D eigenvalue weighted by molar-refractivity contribution is 7.12. The number of benzene rings is 1. The van der Waals surface area contributed by atoms with Crippen LogP contribution in [0.5, 0.6) is 0 Å². The second-order valence-electron chi connectivity index (χ2n) is 6.15. The van der Waals surface area contributed by atoms with E-state index in [-0.39, 0.29) is 11.3 Å². The number of fused-ring (bicyclic) bond motifs is 1. The van der Waals surface area contributed by atoms with Crippen LogP contribution in [0.2, 0.25) is 0 Å². The molecule has 0 fully saturated rings. The molecular weight excluding hydrogens is 376 g/mol. The van der Waals surface area contributed by atoms with Gasteiger partial charge in [0.2, 0.25) is 0 Å². The SMILES string of the molecule is CCCn1nc(C(=O)NNC(=O)/C=C/c2ccc(C)s2)c2ccccc2c1=O. The van der Waals surface area contributed by atoms with E-state index in [0.29, 0.717) is 23.7 Å². The van der Waals surface area contributed by atoms with E-state index in [2.05, 4.69) is 16.0 Å². The molecule has 7 nitrogen and oxygen atoms in total. The third kappa shape index (κ3) is 4.34. The lowest BCUT2D eigenvalue weighted by Crippen LogP contribution is -2.42. The normalized spacial score (nSPS) is 11.1. The maximum absolute atomic E-state index is 12.6. The van der Waals surface area contributed by atoms with Crippen LogP contribution >= 0.6 is 11.3 Å². The van der Waals surface area contributed by atoms with Crippen molar-refractivity contribution in [1.29, 1.82) is 0 Å². The average molecular weight is 396 g/mol. The maximum atomic E-state index is 12.6. The molecule has 0 bridgehead atoms. The minimum Gasteiger partial charge on any atom is -0.268 e. The summed E-state index contributed by atoms with van der Waals surface area (Å²) in [5.41, 5.74) is 4.54. The van der Waals surface area contributed by atoms with E-state index in [1.807, 2.05) is 26.0 Å². The van der Waals surface area contributed by atoms with Crippen molar-refractivity contribution in [3.63, 3.8) is 0 Å². The van der Waals surface area contributed by atoms with Crippen LogP contribution in [0.15, 0.2) is 47.3 Å². The highest BCUT2D eigenvalue weighted by Gasteiger charge is 2.16. The number of aromatic nitrogens is 2. The van der Waals surface area contributed by atoms with Gasteiger partial charge in [-0.1, -0.05) is 25.1 Å². The van der Waals surface area contributed by atoms with Crippen molar-refractivity contribution in [2.45, 2.75) is 26.8 Å². The molecule has 3 aromatic rings. The van der Waals surface area contributed by atoms with Gasteiger partial charge in [0.25, 0.3) is 17.4 Å². The van der Waals surface area contributed by atoms with E-state index in [9.17, 15) is 14.4 Å². The number of carbonyl (C=O) groups excluding carboxylic acids is 2. The van der Waals surface area contributed by atoms with Crippen LogP contribution in [0, 0.1) is 6.92 Å². The molecule has 0 saturated carbocycles. The molecule has 0 spiro atoms. The van der Waals surface area contributed by atoms with Crippen LogP contribution in [0.3, 0.4) is 0 Å². The Kier molecular flexibility index (Phi) is 6.00. The molecule has 0 radical (unpaired) electrons. The summed E-state index contributed by atoms with van der Waals surface area (Å²) in [7, 11) is 0. The van der Waals surface area contributed by atoms with E-state index in [0.717, 1.165) is 9.75 Å². The van der Waals surface area contributed by atoms with Gasteiger partial charge in [0.15, 0.2) is 5.69 Å². The van der Waals surface area contributed by atoms with E-state index in [1.165, 1.54) is 10.8 Å². The predicted octanol–water partition coefficient (Wildman–Crippen LogP) is 2.65. The van der Waals surface area contributed by atoms with E-state index < -0.39 is 11.8 Å². The van der Waals surface area contributed by atoms with Crippen LogP contribution < -0.4 is 16.4 Å². The molecule has 2 amide bonds. The van der Waals surface area contributed by atoms with Gasteiger partial charge >= 0.3 is 0 Å². The quantitative estimate of drug-likeness (QED) is 0.512. The Morgan fingerprint density at radius 3 is 2.57 bits per heavy atom. The largest absolute Gasteiger partial charge is 0.290 e. The molecule has 8 heteroatoms. The molecule has 3 rings (SSSR count). The lowest BCUT2D eigenvalue weighted by molar-refractivity contribution is -0.117. The van der Waals surface area contributed by atoms with Crippen molar-refractivity contribution in [3.05, 3.63) is 68.3 Å². The predicted molar refractivity (Wildman–Crippen MR) is 110 cm³/mol. The first-order valence-electron chi connectivity index (χ1n) is 8.84. The summed E-state index contributed by atoms with van der Waals surface area (Å²) in [6.07, 6.45) is 3.72. The summed E-state index contributed by atoms with van der Waals surface area (Å²) in [5.74, 6) is -1.06. The number of amides is 2. The average Bonchev–Trinajstić information content (AvgIpc) is 3.12. The topological polar surface area (TPSA) is 93.1 Å². The van der Waals surface area contributed by atoms with E-state index >= 15 is 0 Å². The molecule has 2 N–H and O–H groups in total. The molecule has 0 unspecified atom stereocenters. The molecule has 0 saturated heterocycles. The van der Waals surface area contributed by atoms with Crippen LogP contribution in [0.1, 0.15) is 33.6 Å². The standard InChI is InChI=1S/C20H20N4O3S/c1-3-12-24-20(27)16-7-5-4-6-15(16)18(23-24)19(26)22-21-17(25)11-10-14-9-8-13(2)28-14/h4-11H,3,12H2,1-2H3,(H,21,25)(H,22,26)/b11-10+. The first-order chi connectivity index (χ1) is 13.5. The van der Waals surface area contributed by atoms with Gasteiger partial charge in [0.05, 0.1) is 5.39 Å². The van der Waals surface area contributed by atoms with Crippen LogP contribution in [0.4, 0.5) is 0 Å². The fourth-order valence-corrected chi connectivity index (χ4v) is 3.47. The van der Waals surface area contributed by atoms with Gasteiger partial charge < -0.3 is 0 Å². The highest BCUT2D eigenvalue weighted by atomic mass is 32.1. The molecule has 144 valence electrons. The van der Waals surface area contributed by atoms with Gasteiger partial charge in [0, 0.05) is 27.8 Å². The zero-order chi connectivity index (χ0) is 20.1. The third-order valence-corrected chi connectivity index (χ3v) is 4.94. The molecule has 2 aromatic heterocycles. The summed E-state index contributed by atoms with van der Waals surface area (Å²) < 4.78 is 1.28. The number of rotatable bonds is 5. The molecule has 2 heterocycles. The summed E-state index contributed by atoms with van der Waals surface area (Å²) in [6, 6.07) is 10.7. The van der Waals surface area contributed by atoms with Gasteiger partial charge in [-0.15, -0.1) is 11.3 Å². The van der Waals surface area contributed by atoms with Crippen molar-refractivity contribution < 1.29 is 9.59 Å². The Balaban J connectivity index is 1.77. The third-order valence-electron chi connectivity index (χ3n) is 3.98. The molecular formula is C20H20N4O3S. The summed E-state index contributed by atoms with van der Waals surface area (Å²) in [5, 5.41) is 5.04. The number of hydrogen-bond donors (Lipinski definition) is 2. The fourth-order valence-electron chi connectivity index (χ4n) is 2.69. The monoisotopic (exact) mass is 396 g/mol. The number of nitrogens with zero attached hydrogens (tertiary/aromatic N) is 2. The van der Waals surface area contributed by atoms with Crippen LogP contribution in [-0.4, -0.2) is 21.6 Å². The zero-order valence-electron chi connectivity index (χ0n) is 15.6. The fraction of sp³-hybridized carbons (Fsp3) is 0.200. The molecule has 0 aliphatic carbocycles. The smallest absolute Gasteiger partial charge is 0.268 e. The Bertz CT molecular complexity index is 1110. The van der Waals surface area contributed by atoms with Gasteiger partial charge in [-0.05, 0) is 37.6 Å². The number of aryl methyl sites for hydroxylation is 2. The first kappa shape index (κ1) is 19.5. The first-order valence-corrected chi connectivity index (χ1v) is 9.66. The summed E-state index contributed by atoms with van der Waals surface area (Å²) in [6.45, 7) is 4.31. The Labute approximate surface area is 165 Å². The molecule has 0 aliphatic heterocycles. The Hall–Kier alpha value is -3.26. The van der Waals surface area contributed by atoms with Crippen molar-refractivity contribution in [1.82, 2.24) is 20.6 Å². The Morgan fingerprint density at radius 1 is 1.14 bits per heavy atom. The van der Waals surface area contributed by atoms with Gasteiger partial charge in [-0.25, -0.2) is 4.68 Å². The van der Waals surface area contributed by atoms with Gasteiger partial charge in [-0.2, -0.15) is 5.10 Å². The van der Waals surface area contributed by atoms with E-state index in [1.54, 1.807) is 41.7 Å². The zero-order valence-corrected chi connectivity index (χ0v) is 16.4. The second-order valence-corrected chi connectivity index (χ2v) is 7.47. The van der Waals surface area contributed by atoms with E-state index in [4.69, 9.17) is 0 Å².